The molecule has 0 fully saturated rings. The first-order valence-corrected chi connectivity index (χ1v) is 5.66. The number of hydrogen-bond donors (Lipinski definition) is 2. The molecular weight excluding hydrogens is 218 g/mol. The quantitative estimate of drug-likeness (QED) is 0.562. The second kappa shape index (κ2) is 6.48. The molecule has 0 unspecified atom stereocenters. The van der Waals surface area contributed by atoms with Crippen LogP contribution in [-0.2, 0) is 0 Å². The number of anilines is 3. The van der Waals surface area contributed by atoms with Gasteiger partial charge in [-0.25, -0.2) is 4.90 Å². The van der Waals surface area contributed by atoms with Crippen molar-refractivity contribution >= 4 is 17.8 Å². The van der Waals surface area contributed by atoms with Gasteiger partial charge in [0.25, 0.3) is 0 Å². The molecule has 0 aromatic carbocycles. The molecule has 0 spiro atoms. The zero-order valence-corrected chi connectivity index (χ0v) is 10.4. The van der Waals surface area contributed by atoms with Gasteiger partial charge in [0.1, 0.15) is 0 Å². The Kier molecular flexibility index (Phi) is 4.94. The molecular formula is C10H17N7. The van der Waals surface area contributed by atoms with Gasteiger partial charge in [-0.3, -0.25) is 0 Å². The van der Waals surface area contributed by atoms with Crippen LogP contribution in [0.1, 0.15) is 20.8 Å². The lowest BCUT2D eigenvalue weighted by atomic mass is 10.6. The van der Waals surface area contributed by atoms with Crippen molar-refractivity contribution in [3.05, 3.63) is 0 Å². The minimum atomic E-state index is 0.358. The molecule has 1 aromatic rings. The molecule has 2 N–H and O–H groups in total. The first-order valence-electron chi connectivity index (χ1n) is 5.66. The zero-order valence-electron chi connectivity index (χ0n) is 10.4. The topological polar surface area (TPSA) is 89.8 Å². The molecule has 0 aliphatic heterocycles. The third-order valence-corrected chi connectivity index (χ3v) is 1.97. The van der Waals surface area contributed by atoms with E-state index >= 15 is 0 Å². The normalized spacial score (nSPS) is 9.53. The summed E-state index contributed by atoms with van der Waals surface area (Å²) in [5.74, 6) is 1.31. The van der Waals surface area contributed by atoms with E-state index < -0.39 is 0 Å². The zero-order chi connectivity index (χ0) is 12.7. The fourth-order valence-corrected chi connectivity index (χ4v) is 1.22. The van der Waals surface area contributed by atoms with Gasteiger partial charge < -0.3 is 10.6 Å². The standard InChI is InChI=1S/C10H17N7/c1-4-12-8-14-9(13-5-2)16-10(15-8)17(6-3)7-11/h4-6H2,1-3H3,(H2,12,13,14,15,16). The second-order valence-electron chi connectivity index (χ2n) is 3.19. The Morgan fingerprint density at radius 3 is 1.94 bits per heavy atom. The van der Waals surface area contributed by atoms with Gasteiger partial charge in [-0.15, -0.1) is 0 Å². The van der Waals surface area contributed by atoms with E-state index in [2.05, 4.69) is 25.6 Å². The molecule has 0 aliphatic rings. The minimum absolute atomic E-state index is 0.358. The first kappa shape index (κ1) is 13.0. The molecule has 92 valence electrons. The first-order chi connectivity index (χ1) is 8.24. The van der Waals surface area contributed by atoms with Crippen molar-refractivity contribution in [2.45, 2.75) is 20.8 Å². The smallest absolute Gasteiger partial charge is 0.245 e. The van der Waals surface area contributed by atoms with E-state index in [1.54, 1.807) is 0 Å². The molecule has 0 saturated heterocycles. The Balaban J connectivity index is 3.07. The molecule has 7 nitrogen and oxygen atoms in total. The van der Waals surface area contributed by atoms with Gasteiger partial charge in [0.15, 0.2) is 6.19 Å². The Morgan fingerprint density at radius 2 is 1.59 bits per heavy atom. The maximum atomic E-state index is 8.96. The fourth-order valence-electron chi connectivity index (χ4n) is 1.22. The highest BCUT2D eigenvalue weighted by molar-refractivity contribution is 5.46. The van der Waals surface area contributed by atoms with Crippen molar-refractivity contribution in [2.75, 3.05) is 35.2 Å². The summed E-state index contributed by atoms with van der Waals surface area (Å²) in [6.45, 7) is 7.74. The highest BCUT2D eigenvalue weighted by Crippen LogP contribution is 2.12. The summed E-state index contributed by atoms with van der Waals surface area (Å²) in [6.07, 6.45) is 2.03. The Morgan fingerprint density at radius 1 is 1.06 bits per heavy atom. The van der Waals surface area contributed by atoms with Crippen LogP contribution in [-0.4, -0.2) is 34.6 Å². The van der Waals surface area contributed by atoms with Crippen molar-refractivity contribution in [3.63, 3.8) is 0 Å². The third-order valence-electron chi connectivity index (χ3n) is 1.97. The van der Waals surface area contributed by atoms with Crippen molar-refractivity contribution in [2.24, 2.45) is 0 Å². The van der Waals surface area contributed by atoms with Crippen LogP contribution in [0.3, 0.4) is 0 Å². The average Bonchev–Trinajstić information content (AvgIpc) is 2.31. The summed E-state index contributed by atoms with van der Waals surface area (Å²) >= 11 is 0. The molecule has 17 heavy (non-hydrogen) atoms. The highest BCUT2D eigenvalue weighted by Gasteiger charge is 2.10. The maximum Gasteiger partial charge on any atom is 0.245 e. The molecule has 1 heterocycles. The van der Waals surface area contributed by atoms with E-state index in [0.717, 1.165) is 0 Å². The lowest BCUT2D eigenvalue weighted by Gasteiger charge is -2.13. The van der Waals surface area contributed by atoms with Gasteiger partial charge in [0.05, 0.1) is 0 Å². The van der Waals surface area contributed by atoms with Gasteiger partial charge in [-0.1, -0.05) is 0 Å². The van der Waals surface area contributed by atoms with Crippen LogP contribution >= 0.6 is 0 Å². The Bertz CT molecular complexity index is 374. The Labute approximate surface area is 101 Å². The van der Waals surface area contributed by atoms with E-state index in [4.69, 9.17) is 5.26 Å². The van der Waals surface area contributed by atoms with E-state index in [0.29, 0.717) is 37.5 Å². The van der Waals surface area contributed by atoms with Crippen LogP contribution in [0, 0.1) is 11.5 Å². The van der Waals surface area contributed by atoms with Crippen LogP contribution in [0.4, 0.5) is 17.8 Å². The van der Waals surface area contributed by atoms with E-state index in [-0.39, 0.29) is 0 Å². The molecule has 0 saturated carbocycles. The van der Waals surface area contributed by atoms with Gasteiger partial charge >= 0.3 is 0 Å². The fraction of sp³-hybridized carbons (Fsp3) is 0.600. The largest absolute Gasteiger partial charge is 0.354 e. The van der Waals surface area contributed by atoms with Crippen molar-refractivity contribution in [1.82, 2.24) is 15.0 Å². The van der Waals surface area contributed by atoms with Crippen LogP contribution in [0.2, 0.25) is 0 Å². The van der Waals surface area contributed by atoms with Crippen LogP contribution in [0.15, 0.2) is 0 Å². The third kappa shape index (κ3) is 3.45. The lowest BCUT2D eigenvalue weighted by Crippen LogP contribution is -2.20. The molecule has 0 bridgehead atoms. The minimum Gasteiger partial charge on any atom is -0.354 e. The summed E-state index contributed by atoms with van der Waals surface area (Å²) < 4.78 is 0. The van der Waals surface area contributed by atoms with E-state index in [1.807, 2.05) is 27.0 Å². The second-order valence-corrected chi connectivity index (χ2v) is 3.19. The average molecular weight is 235 g/mol. The lowest BCUT2D eigenvalue weighted by molar-refractivity contribution is 0.916. The van der Waals surface area contributed by atoms with E-state index in [1.165, 1.54) is 4.90 Å². The molecule has 0 atom stereocenters. The van der Waals surface area contributed by atoms with Gasteiger partial charge in [0, 0.05) is 19.6 Å². The monoisotopic (exact) mass is 235 g/mol. The molecule has 0 amide bonds. The summed E-state index contributed by atoms with van der Waals surface area (Å²) in [7, 11) is 0. The number of rotatable bonds is 6. The molecule has 0 radical (unpaired) electrons. The maximum absolute atomic E-state index is 8.96. The van der Waals surface area contributed by atoms with Crippen molar-refractivity contribution in [3.8, 4) is 6.19 Å². The van der Waals surface area contributed by atoms with Crippen LogP contribution in [0.25, 0.3) is 0 Å². The number of hydrogen-bond acceptors (Lipinski definition) is 7. The van der Waals surface area contributed by atoms with Crippen LogP contribution in [0.5, 0.6) is 0 Å². The highest BCUT2D eigenvalue weighted by atomic mass is 15.3. The molecule has 1 aromatic heterocycles. The predicted octanol–water partition coefficient (Wildman–Crippen LogP) is 1.04. The summed E-state index contributed by atoms with van der Waals surface area (Å²) in [5, 5.41) is 15.0. The molecule has 1 rings (SSSR count). The summed E-state index contributed by atoms with van der Waals surface area (Å²) in [6, 6.07) is 0. The summed E-state index contributed by atoms with van der Waals surface area (Å²) in [4.78, 5) is 13.9. The van der Waals surface area contributed by atoms with Crippen molar-refractivity contribution < 1.29 is 0 Å². The summed E-state index contributed by atoms with van der Waals surface area (Å²) in [5.41, 5.74) is 0. The SMILES string of the molecule is CCNc1nc(NCC)nc(N(C#N)CC)n1. The number of nitrogens with one attached hydrogen (secondary N) is 2. The predicted molar refractivity (Wildman–Crippen MR) is 66.8 cm³/mol. The number of nitriles is 1. The number of aromatic nitrogens is 3. The van der Waals surface area contributed by atoms with Crippen LogP contribution < -0.4 is 15.5 Å². The van der Waals surface area contributed by atoms with E-state index in [9.17, 15) is 0 Å². The van der Waals surface area contributed by atoms with Crippen molar-refractivity contribution in [1.29, 1.82) is 5.26 Å². The Hall–Kier alpha value is -2.10. The van der Waals surface area contributed by atoms with Gasteiger partial charge in [-0.05, 0) is 20.8 Å². The van der Waals surface area contributed by atoms with Gasteiger partial charge in [-0.2, -0.15) is 20.2 Å². The molecule has 0 aliphatic carbocycles. The number of nitrogens with zero attached hydrogens (tertiary/aromatic N) is 5. The molecule has 7 heteroatoms. The van der Waals surface area contributed by atoms with Gasteiger partial charge in [0.2, 0.25) is 17.8 Å².